The molecule has 1 heteroatoms. The molecule has 2 aromatic rings. The second-order valence-electron chi connectivity index (χ2n) is 3.56. The minimum absolute atomic E-state index is 0.869. The Morgan fingerprint density at radius 3 is 2.12 bits per heavy atom. The van der Waals surface area contributed by atoms with Crippen molar-refractivity contribution in [3.05, 3.63) is 72.3 Å². The van der Waals surface area contributed by atoms with Crippen LogP contribution in [0.1, 0.15) is 5.56 Å². The van der Waals surface area contributed by atoms with Crippen molar-refractivity contribution in [3.8, 4) is 0 Å². The van der Waals surface area contributed by atoms with Gasteiger partial charge in [-0.15, -0.1) is 0 Å². The molecule has 0 amide bonds. The fourth-order valence-electron chi connectivity index (χ4n) is 1.49. The lowest BCUT2D eigenvalue weighted by Crippen LogP contribution is -2.11. The number of rotatable bonds is 4. The summed E-state index contributed by atoms with van der Waals surface area (Å²) in [5.41, 5.74) is 1.28. The molecule has 0 heterocycles. The third kappa shape index (κ3) is 3.52. The normalized spacial score (nSPS) is 10.8. The SMILES string of the molecule is C(=C/c1ccccc1)/C[Si]c1ccccc1. The zero-order valence-electron chi connectivity index (χ0n) is 9.14. The molecule has 0 aromatic heterocycles. The van der Waals surface area contributed by atoms with Crippen LogP contribution in [0.5, 0.6) is 0 Å². The highest BCUT2D eigenvalue weighted by molar-refractivity contribution is 6.53. The zero-order chi connectivity index (χ0) is 11.1. The molecule has 0 N–H and O–H groups in total. The van der Waals surface area contributed by atoms with Gasteiger partial charge in [-0.05, 0) is 11.6 Å². The molecule has 0 nitrogen and oxygen atoms in total. The molecule has 0 aliphatic carbocycles. The van der Waals surface area contributed by atoms with E-state index < -0.39 is 0 Å². The third-order valence-electron chi connectivity index (χ3n) is 2.31. The summed E-state index contributed by atoms with van der Waals surface area (Å²) in [5, 5.41) is 1.43. The van der Waals surface area contributed by atoms with E-state index in [2.05, 4.69) is 66.7 Å². The quantitative estimate of drug-likeness (QED) is 0.697. The Morgan fingerprint density at radius 2 is 1.44 bits per heavy atom. The Bertz CT molecular complexity index is 432. The smallest absolute Gasteiger partial charge is 0.0849 e. The molecule has 78 valence electrons. The Kier molecular flexibility index (Phi) is 4.14. The van der Waals surface area contributed by atoms with Crippen molar-refractivity contribution in [1.82, 2.24) is 0 Å². The molecule has 16 heavy (non-hydrogen) atoms. The molecule has 0 saturated carbocycles. The number of hydrogen-bond acceptors (Lipinski definition) is 0. The Hall–Kier alpha value is -1.60. The lowest BCUT2D eigenvalue weighted by atomic mass is 10.2. The standard InChI is InChI=1S/C15H14Si/c1-3-8-14(9-4-1)10-7-13-16-15-11-5-2-6-12-15/h1-12H,13H2/b10-7-. The first-order valence-corrected chi connectivity index (χ1v) is 6.66. The van der Waals surface area contributed by atoms with Gasteiger partial charge in [0.1, 0.15) is 0 Å². The number of hydrogen-bond donors (Lipinski definition) is 0. The summed E-state index contributed by atoms with van der Waals surface area (Å²) in [7, 11) is 0.869. The van der Waals surface area contributed by atoms with Crippen LogP contribution in [0.2, 0.25) is 6.04 Å². The van der Waals surface area contributed by atoms with E-state index in [0.29, 0.717) is 0 Å². The van der Waals surface area contributed by atoms with Crippen LogP contribution in [-0.2, 0) is 0 Å². The van der Waals surface area contributed by atoms with Crippen molar-refractivity contribution in [1.29, 1.82) is 0 Å². The first-order chi connectivity index (χ1) is 7.95. The predicted octanol–water partition coefficient (Wildman–Crippen LogP) is 3.15. The molecule has 0 aliphatic heterocycles. The van der Waals surface area contributed by atoms with Crippen molar-refractivity contribution < 1.29 is 0 Å². The minimum Gasteiger partial charge on any atom is -0.0867 e. The molecule has 2 rings (SSSR count). The summed E-state index contributed by atoms with van der Waals surface area (Å²) in [4.78, 5) is 0. The van der Waals surface area contributed by atoms with Crippen molar-refractivity contribution in [2.24, 2.45) is 0 Å². The van der Waals surface area contributed by atoms with Crippen LogP contribution in [-0.4, -0.2) is 9.52 Å². The molecular formula is C15H14Si. The molecule has 0 atom stereocenters. The molecule has 0 unspecified atom stereocenters. The van der Waals surface area contributed by atoms with E-state index in [4.69, 9.17) is 0 Å². The summed E-state index contributed by atoms with van der Waals surface area (Å²) in [5.74, 6) is 0. The summed E-state index contributed by atoms with van der Waals surface area (Å²) < 4.78 is 0. The molecule has 0 fully saturated rings. The van der Waals surface area contributed by atoms with E-state index in [1.165, 1.54) is 10.8 Å². The largest absolute Gasteiger partial charge is 0.0867 e. The highest BCUT2D eigenvalue weighted by Crippen LogP contribution is 2.01. The molecular weight excluding hydrogens is 208 g/mol. The highest BCUT2D eigenvalue weighted by Gasteiger charge is 1.90. The number of allylic oxidation sites excluding steroid dienone is 1. The van der Waals surface area contributed by atoms with Gasteiger partial charge in [0, 0.05) is 0 Å². The van der Waals surface area contributed by atoms with Crippen LogP contribution in [0.3, 0.4) is 0 Å². The van der Waals surface area contributed by atoms with E-state index in [1.54, 1.807) is 0 Å². The molecule has 2 aromatic carbocycles. The monoisotopic (exact) mass is 222 g/mol. The van der Waals surface area contributed by atoms with E-state index >= 15 is 0 Å². The highest BCUT2D eigenvalue weighted by atomic mass is 28.2. The maximum absolute atomic E-state index is 2.25. The van der Waals surface area contributed by atoms with Gasteiger partial charge in [0.2, 0.25) is 0 Å². The van der Waals surface area contributed by atoms with Crippen molar-refractivity contribution in [2.45, 2.75) is 6.04 Å². The molecule has 0 spiro atoms. The summed E-state index contributed by atoms with van der Waals surface area (Å²) in [6.45, 7) is 0. The minimum atomic E-state index is 0.869. The van der Waals surface area contributed by atoms with Gasteiger partial charge in [-0.2, -0.15) is 0 Å². The van der Waals surface area contributed by atoms with Crippen LogP contribution in [0.15, 0.2) is 66.7 Å². The molecule has 0 saturated heterocycles. The zero-order valence-corrected chi connectivity index (χ0v) is 10.1. The van der Waals surface area contributed by atoms with Gasteiger partial charge in [0.25, 0.3) is 0 Å². The topological polar surface area (TPSA) is 0 Å². The van der Waals surface area contributed by atoms with E-state index in [9.17, 15) is 0 Å². The summed E-state index contributed by atoms with van der Waals surface area (Å²) >= 11 is 0. The van der Waals surface area contributed by atoms with Gasteiger partial charge in [0.05, 0.1) is 9.52 Å². The molecule has 0 bridgehead atoms. The average Bonchev–Trinajstić information content (AvgIpc) is 2.37. The summed E-state index contributed by atoms with van der Waals surface area (Å²) in [6, 6.07) is 22.2. The second kappa shape index (κ2) is 6.08. The van der Waals surface area contributed by atoms with E-state index in [-0.39, 0.29) is 0 Å². The predicted molar refractivity (Wildman–Crippen MR) is 72.1 cm³/mol. The Labute approximate surface area is 99.5 Å². The van der Waals surface area contributed by atoms with Gasteiger partial charge in [-0.1, -0.05) is 78.0 Å². The average molecular weight is 222 g/mol. The van der Waals surface area contributed by atoms with E-state index in [1.807, 2.05) is 6.07 Å². The van der Waals surface area contributed by atoms with Crippen LogP contribution in [0.4, 0.5) is 0 Å². The van der Waals surface area contributed by atoms with Crippen molar-refractivity contribution >= 4 is 20.8 Å². The second-order valence-corrected chi connectivity index (χ2v) is 4.90. The lowest BCUT2D eigenvalue weighted by molar-refractivity contribution is 1.63. The van der Waals surface area contributed by atoms with E-state index in [0.717, 1.165) is 15.6 Å². The van der Waals surface area contributed by atoms with Gasteiger partial charge >= 0.3 is 0 Å². The lowest BCUT2D eigenvalue weighted by Gasteiger charge is -1.95. The van der Waals surface area contributed by atoms with Gasteiger partial charge in [-0.3, -0.25) is 0 Å². The van der Waals surface area contributed by atoms with Crippen LogP contribution >= 0.6 is 0 Å². The first-order valence-electron chi connectivity index (χ1n) is 5.46. The molecule has 0 aliphatic rings. The maximum Gasteiger partial charge on any atom is 0.0849 e. The fourth-order valence-corrected chi connectivity index (χ4v) is 2.39. The van der Waals surface area contributed by atoms with Crippen molar-refractivity contribution in [3.63, 3.8) is 0 Å². The van der Waals surface area contributed by atoms with Crippen molar-refractivity contribution in [2.75, 3.05) is 0 Å². The maximum atomic E-state index is 2.25. The van der Waals surface area contributed by atoms with Crippen LogP contribution < -0.4 is 5.19 Å². The first kappa shape index (κ1) is 10.9. The van der Waals surface area contributed by atoms with Crippen LogP contribution in [0, 0.1) is 0 Å². The third-order valence-corrected chi connectivity index (χ3v) is 3.49. The Morgan fingerprint density at radius 1 is 0.812 bits per heavy atom. The molecule has 2 radical (unpaired) electrons. The van der Waals surface area contributed by atoms with Gasteiger partial charge in [-0.25, -0.2) is 0 Å². The van der Waals surface area contributed by atoms with Gasteiger partial charge in [0.15, 0.2) is 0 Å². The Balaban J connectivity index is 1.83. The van der Waals surface area contributed by atoms with Crippen LogP contribution in [0.25, 0.3) is 6.08 Å². The number of benzene rings is 2. The fraction of sp³-hybridized carbons (Fsp3) is 0.0667. The van der Waals surface area contributed by atoms with Gasteiger partial charge < -0.3 is 0 Å². The summed E-state index contributed by atoms with van der Waals surface area (Å²) in [6.07, 6.45) is 4.44.